The molecule has 29 heavy (non-hydrogen) atoms. The van der Waals surface area contributed by atoms with Crippen molar-refractivity contribution in [2.24, 2.45) is 0 Å². The second-order valence-corrected chi connectivity index (χ2v) is 8.18. The summed E-state index contributed by atoms with van der Waals surface area (Å²) in [5, 5.41) is 3.49. The average molecular weight is 409 g/mol. The first-order chi connectivity index (χ1) is 14.1. The molecule has 0 saturated heterocycles. The number of unbranched alkanes of at least 4 members (excludes halogenated alkanes) is 1. The quantitative estimate of drug-likeness (QED) is 0.319. The van der Waals surface area contributed by atoms with Crippen LogP contribution in [-0.4, -0.2) is 17.5 Å². The number of rotatable bonds is 9. The molecule has 0 fully saturated rings. The van der Waals surface area contributed by atoms with Gasteiger partial charge in [-0.1, -0.05) is 56.7 Å². The Labute approximate surface area is 176 Å². The lowest BCUT2D eigenvalue weighted by Crippen LogP contribution is -2.07. The largest absolute Gasteiger partial charge is 0.494 e. The third-order valence-corrected chi connectivity index (χ3v) is 5.83. The van der Waals surface area contributed by atoms with E-state index in [9.17, 15) is 4.79 Å². The third-order valence-electron chi connectivity index (χ3n) is 4.90. The smallest absolute Gasteiger partial charge is 0.250 e. The minimum atomic E-state index is -0.186. The molecule has 0 aliphatic rings. The summed E-state index contributed by atoms with van der Waals surface area (Å²) < 4.78 is 6.75. The van der Waals surface area contributed by atoms with Crippen LogP contribution in [0.4, 0.5) is 5.13 Å². The zero-order chi connectivity index (χ0) is 20.6. The Hall–Kier alpha value is -2.66. The van der Waals surface area contributed by atoms with E-state index >= 15 is 0 Å². The normalized spacial score (nSPS) is 12.4. The lowest BCUT2D eigenvalue weighted by Gasteiger charge is -2.07. The number of benzene rings is 2. The first kappa shape index (κ1) is 21.1. The van der Waals surface area contributed by atoms with Gasteiger partial charge < -0.3 is 4.74 Å². The Morgan fingerprint density at radius 3 is 2.72 bits per heavy atom. The molecule has 2 aromatic carbocycles. The molecule has 0 bridgehead atoms. The summed E-state index contributed by atoms with van der Waals surface area (Å²) >= 11 is 1.51. The fourth-order valence-electron chi connectivity index (χ4n) is 2.87. The standard InChI is InChI=1S/C24H28N2O2S/c1-4-6-15-28-20-11-7-18(8-12-20)9-14-23(27)26-24-25-21-13-10-19(17(3)5-2)16-22(21)29-24/h7-14,16-17H,4-6,15H2,1-3H3,(H,25,26,27)/b14-9+. The Kier molecular flexibility index (Phi) is 7.42. The fourth-order valence-corrected chi connectivity index (χ4v) is 3.78. The maximum Gasteiger partial charge on any atom is 0.250 e. The van der Waals surface area contributed by atoms with Crippen molar-refractivity contribution < 1.29 is 9.53 Å². The first-order valence-corrected chi connectivity index (χ1v) is 11.0. The summed E-state index contributed by atoms with van der Waals surface area (Å²) in [6.45, 7) is 7.28. The lowest BCUT2D eigenvalue weighted by molar-refractivity contribution is -0.111. The van der Waals surface area contributed by atoms with E-state index in [1.54, 1.807) is 6.08 Å². The summed E-state index contributed by atoms with van der Waals surface area (Å²) in [5.74, 6) is 1.19. The van der Waals surface area contributed by atoms with E-state index in [4.69, 9.17) is 4.74 Å². The fraction of sp³-hybridized carbons (Fsp3) is 0.333. The maximum absolute atomic E-state index is 12.3. The van der Waals surface area contributed by atoms with Crippen molar-refractivity contribution in [3.63, 3.8) is 0 Å². The molecular formula is C24H28N2O2S. The molecule has 0 saturated carbocycles. The third kappa shape index (κ3) is 5.91. The van der Waals surface area contributed by atoms with E-state index in [-0.39, 0.29) is 5.91 Å². The number of fused-ring (bicyclic) bond motifs is 1. The molecule has 1 heterocycles. The van der Waals surface area contributed by atoms with Gasteiger partial charge in [0.1, 0.15) is 5.75 Å². The summed E-state index contributed by atoms with van der Waals surface area (Å²) in [4.78, 5) is 16.8. The van der Waals surface area contributed by atoms with E-state index in [2.05, 4.69) is 43.2 Å². The van der Waals surface area contributed by atoms with Crippen LogP contribution >= 0.6 is 11.3 Å². The van der Waals surface area contributed by atoms with Gasteiger partial charge in [-0.15, -0.1) is 0 Å². The number of nitrogens with one attached hydrogen (secondary N) is 1. The molecular weight excluding hydrogens is 380 g/mol. The van der Waals surface area contributed by atoms with Crippen LogP contribution in [0.25, 0.3) is 16.3 Å². The SMILES string of the molecule is CCCCOc1ccc(/C=C/C(=O)Nc2nc3ccc(C(C)CC)cc3s2)cc1. The average Bonchev–Trinajstić information content (AvgIpc) is 3.14. The van der Waals surface area contributed by atoms with Crippen LogP contribution in [0.3, 0.4) is 0 Å². The second-order valence-electron chi connectivity index (χ2n) is 7.15. The number of ether oxygens (including phenoxy) is 1. The van der Waals surface area contributed by atoms with E-state index in [1.165, 1.54) is 23.0 Å². The molecule has 0 radical (unpaired) electrons. The predicted molar refractivity (Wildman–Crippen MR) is 123 cm³/mol. The van der Waals surface area contributed by atoms with Crippen molar-refractivity contribution >= 4 is 38.7 Å². The van der Waals surface area contributed by atoms with E-state index in [0.29, 0.717) is 11.0 Å². The van der Waals surface area contributed by atoms with Crippen LogP contribution in [0.2, 0.25) is 0 Å². The molecule has 1 atom stereocenters. The van der Waals surface area contributed by atoms with E-state index in [0.717, 1.165) is 47.4 Å². The zero-order valence-corrected chi connectivity index (χ0v) is 18.1. The molecule has 0 spiro atoms. The Balaban J connectivity index is 1.59. The van der Waals surface area contributed by atoms with Gasteiger partial charge in [0.15, 0.2) is 5.13 Å². The van der Waals surface area contributed by atoms with Gasteiger partial charge in [0.2, 0.25) is 5.91 Å². The van der Waals surface area contributed by atoms with Gasteiger partial charge in [-0.05, 0) is 60.2 Å². The maximum atomic E-state index is 12.3. The van der Waals surface area contributed by atoms with Crippen LogP contribution in [0.1, 0.15) is 57.1 Å². The molecule has 152 valence electrons. The molecule has 4 nitrogen and oxygen atoms in total. The van der Waals surface area contributed by atoms with Crippen molar-refractivity contribution in [1.82, 2.24) is 4.98 Å². The second kappa shape index (κ2) is 10.2. The Morgan fingerprint density at radius 1 is 1.21 bits per heavy atom. The van der Waals surface area contributed by atoms with Gasteiger partial charge in [-0.3, -0.25) is 10.1 Å². The number of amides is 1. The number of aromatic nitrogens is 1. The number of carbonyl (C=O) groups excluding carboxylic acids is 1. The molecule has 5 heteroatoms. The first-order valence-electron chi connectivity index (χ1n) is 10.2. The van der Waals surface area contributed by atoms with Gasteiger partial charge in [0, 0.05) is 6.08 Å². The van der Waals surface area contributed by atoms with Crippen molar-refractivity contribution in [3.05, 3.63) is 59.7 Å². The van der Waals surface area contributed by atoms with Crippen LogP contribution < -0.4 is 10.1 Å². The lowest BCUT2D eigenvalue weighted by atomic mass is 9.99. The number of anilines is 1. The Morgan fingerprint density at radius 2 is 2.00 bits per heavy atom. The number of carbonyl (C=O) groups is 1. The molecule has 1 amide bonds. The predicted octanol–water partition coefficient (Wildman–Crippen LogP) is 6.64. The highest BCUT2D eigenvalue weighted by Gasteiger charge is 2.09. The minimum Gasteiger partial charge on any atom is -0.494 e. The van der Waals surface area contributed by atoms with Crippen LogP contribution in [0.15, 0.2) is 48.5 Å². The highest BCUT2D eigenvalue weighted by molar-refractivity contribution is 7.22. The zero-order valence-electron chi connectivity index (χ0n) is 17.3. The number of hydrogen-bond acceptors (Lipinski definition) is 4. The van der Waals surface area contributed by atoms with Gasteiger partial charge in [-0.25, -0.2) is 4.98 Å². The van der Waals surface area contributed by atoms with Gasteiger partial charge in [-0.2, -0.15) is 0 Å². The van der Waals surface area contributed by atoms with Crippen molar-refractivity contribution in [2.75, 3.05) is 11.9 Å². The highest BCUT2D eigenvalue weighted by Crippen LogP contribution is 2.30. The van der Waals surface area contributed by atoms with Gasteiger partial charge in [0.25, 0.3) is 0 Å². The number of nitrogens with zero attached hydrogens (tertiary/aromatic N) is 1. The number of hydrogen-bond donors (Lipinski definition) is 1. The van der Waals surface area contributed by atoms with E-state index in [1.807, 2.05) is 30.3 Å². The monoisotopic (exact) mass is 408 g/mol. The molecule has 3 rings (SSSR count). The van der Waals surface area contributed by atoms with Crippen molar-refractivity contribution in [3.8, 4) is 5.75 Å². The summed E-state index contributed by atoms with van der Waals surface area (Å²) in [7, 11) is 0. The van der Waals surface area contributed by atoms with Crippen LogP contribution in [-0.2, 0) is 4.79 Å². The van der Waals surface area contributed by atoms with Gasteiger partial charge >= 0.3 is 0 Å². The molecule has 1 unspecified atom stereocenters. The number of thiazole rings is 1. The summed E-state index contributed by atoms with van der Waals surface area (Å²) in [6, 6.07) is 14.1. The van der Waals surface area contributed by atoms with Gasteiger partial charge in [0.05, 0.1) is 16.8 Å². The Bertz CT molecular complexity index is 976. The molecule has 1 aromatic heterocycles. The minimum absolute atomic E-state index is 0.186. The topological polar surface area (TPSA) is 51.2 Å². The van der Waals surface area contributed by atoms with Crippen LogP contribution in [0.5, 0.6) is 5.75 Å². The molecule has 3 aromatic rings. The van der Waals surface area contributed by atoms with Crippen molar-refractivity contribution in [2.45, 2.75) is 46.0 Å². The van der Waals surface area contributed by atoms with E-state index < -0.39 is 0 Å². The van der Waals surface area contributed by atoms with Crippen molar-refractivity contribution in [1.29, 1.82) is 0 Å². The highest BCUT2D eigenvalue weighted by atomic mass is 32.1. The molecule has 0 aliphatic heterocycles. The molecule has 1 N–H and O–H groups in total. The van der Waals surface area contributed by atoms with Crippen LogP contribution in [0, 0.1) is 0 Å². The summed E-state index contributed by atoms with van der Waals surface area (Å²) in [6.07, 6.45) is 6.59. The molecule has 0 aliphatic carbocycles. The summed E-state index contributed by atoms with van der Waals surface area (Å²) in [5.41, 5.74) is 3.18.